The Hall–Kier alpha value is -2.12. The summed E-state index contributed by atoms with van der Waals surface area (Å²) in [5.74, 6) is 0.982. The zero-order valence-electron chi connectivity index (χ0n) is 20.2. The van der Waals surface area contributed by atoms with Crippen LogP contribution >= 0.6 is 6.89 Å². The van der Waals surface area contributed by atoms with Crippen molar-refractivity contribution in [3.63, 3.8) is 0 Å². The zero-order valence-corrected chi connectivity index (χ0v) is 21.1. The third kappa shape index (κ3) is 6.70. The second-order valence-electron chi connectivity index (χ2n) is 8.93. The lowest BCUT2D eigenvalue weighted by Crippen LogP contribution is -2.03. The Morgan fingerprint density at radius 2 is 0.970 bits per heavy atom. The topological polar surface area (TPSA) is 13.1 Å². The third-order valence-electron chi connectivity index (χ3n) is 6.40. The maximum Gasteiger partial charge on any atom is 0.135 e. The highest BCUT2D eigenvalue weighted by molar-refractivity contribution is 7.68. The van der Waals surface area contributed by atoms with Gasteiger partial charge in [-0.1, -0.05) is 46.9 Å². The molecule has 3 aromatic rings. The molecule has 0 fully saturated rings. The first-order chi connectivity index (χ1) is 16.0. The number of rotatable bonds is 11. The Morgan fingerprint density at radius 1 is 0.606 bits per heavy atom. The van der Waals surface area contributed by atoms with E-state index in [1.807, 2.05) is 0 Å². The first kappa shape index (κ1) is 25.5. The average molecular weight is 471 g/mol. The molecule has 0 saturated carbocycles. The van der Waals surface area contributed by atoms with Gasteiger partial charge in [0, 0.05) is 11.1 Å². The molecule has 0 unspecified atom stereocenters. The molecule has 0 aliphatic rings. The average Bonchev–Trinajstić information content (AvgIpc) is 2.84. The van der Waals surface area contributed by atoms with Crippen molar-refractivity contribution in [3.05, 3.63) is 77.2 Å². The van der Waals surface area contributed by atoms with Gasteiger partial charge in [0.1, 0.15) is 23.2 Å². The maximum atomic E-state index is 13.6. The predicted octanol–water partition coefficient (Wildman–Crippen LogP) is 9.84. The lowest BCUT2D eigenvalue weighted by atomic mass is 10.1. The molecule has 1 nitrogen and oxygen atoms in total. The SMILES string of the molecule is CCCCP(CCCC)(CCCC)=c1cc(-c2ccc(F)cc2)oc(-c2ccc(F)cc2)c1. The molecular formula is C29H37F2OP. The summed E-state index contributed by atoms with van der Waals surface area (Å²) in [5, 5.41) is 0. The fourth-order valence-electron chi connectivity index (χ4n) is 4.38. The van der Waals surface area contributed by atoms with Gasteiger partial charge in [-0.25, -0.2) is 8.78 Å². The summed E-state index contributed by atoms with van der Waals surface area (Å²) in [5.41, 5.74) is 1.72. The minimum Gasteiger partial charge on any atom is -0.456 e. The number of hydrogen-bond donors (Lipinski definition) is 0. The standard InChI is InChI=1S/C29H37F2OP/c1-4-7-18-33(19-8-5-2,20-9-6-3)27-21-28(23-10-14-25(30)15-11-23)32-29(22-27)24-12-16-26(31)17-13-24/h10-17,21-22H,4-9,18-20H2,1-3H3. The summed E-state index contributed by atoms with van der Waals surface area (Å²) in [6.45, 7) is 5.38. The molecular weight excluding hydrogens is 433 g/mol. The Morgan fingerprint density at radius 3 is 1.30 bits per heavy atom. The first-order valence-electron chi connectivity index (χ1n) is 12.4. The van der Waals surface area contributed by atoms with Crippen LogP contribution in [0.15, 0.2) is 65.1 Å². The van der Waals surface area contributed by atoms with Crippen LogP contribution in [-0.2, 0) is 0 Å². The number of benzene rings is 2. The van der Waals surface area contributed by atoms with E-state index >= 15 is 0 Å². The monoisotopic (exact) mass is 470 g/mol. The van der Waals surface area contributed by atoms with Crippen LogP contribution in [0.5, 0.6) is 0 Å². The number of hydrogen-bond acceptors (Lipinski definition) is 1. The van der Waals surface area contributed by atoms with E-state index in [2.05, 4.69) is 32.9 Å². The fraction of sp³-hybridized carbons (Fsp3) is 0.414. The van der Waals surface area contributed by atoms with Gasteiger partial charge in [-0.3, -0.25) is 0 Å². The molecule has 3 rings (SSSR count). The van der Waals surface area contributed by atoms with Gasteiger partial charge in [0.05, 0.1) is 0 Å². The molecule has 1 heterocycles. The molecule has 1 aromatic heterocycles. The van der Waals surface area contributed by atoms with Crippen molar-refractivity contribution < 1.29 is 13.2 Å². The largest absolute Gasteiger partial charge is 0.456 e. The summed E-state index contributed by atoms with van der Waals surface area (Å²) >= 11 is 0. The van der Waals surface area contributed by atoms with Crippen molar-refractivity contribution >= 4 is 6.89 Å². The van der Waals surface area contributed by atoms with Gasteiger partial charge in [-0.05, 0) is 103 Å². The van der Waals surface area contributed by atoms with E-state index in [-0.39, 0.29) is 11.6 Å². The van der Waals surface area contributed by atoms with Crippen LogP contribution in [0.3, 0.4) is 0 Å². The molecule has 178 valence electrons. The molecule has 0 aliphatic heterocycles. The van der Waals surface area contributed by atoms with Crippen LogP contribution in [-0.4, -0.2) is 18.5 Å². The van der Waals surface area contributed by atoms with Crippen molar-refractivity contribution in [2.24, 2.45) is 0 Å². The first-order valence-corrected chi connectivity index (χ1v) is 14.7. The van der Waals surface area contributed by atoms with Crippen molar-refractivity contribution in [2.75, 3.05) is 18.5 Å². The quantitative estimate of drug-likeness (QED) is 0.254. The van der Waals surface area contributed by atoms with Gasteiger partial charge in [0.2, 0.25) is 0 Å². The summed E-state index contributed by atoms with van der Waals surface area (Å²) in [4.78, 5) is 1.39. The van der Waals surface area contributed by atoms with E-state index in [9.17, 15) is 8.78 Å². The normalized spacial score (nSPS) is 11.7. The van der Waals surface area contributed by atoms with E-state index < -0.39 is 6.89 Å². The summed E-state index contributed by atoms with van der Waals surface area (Å²) in [6, 6.07) is 17.4. The highest BCUT2D eigenvalue weighted by Crippen LogP contribution is 2.54. The summed E-state index contributed by atoms with van der Waals surface area (Å²) in [7, 11) is 0. The van der Waals surface area contributed by atoms with Crippen LogP contribution in [0.2, 0.25) is 0 Å². The highest BCUT2D eigenvalue weighted by atomic mass is 31.2. The van der Waals surface area contributed by atoms with Crippen molar-refractivity contribution in [2.45, 2.75) is 59.3 Å². The minimum absolute atomic E-state index is 0.260. The third-order valence-corrected chi connectivity index (χ3v) is 11.3. The Bertz CT molecular complexity index is 1000. The van der Waals surface area contributed by atoms with Gasteiger partial charge in [0.15, 0.2) is 0 Å². The van der Waals surface area contributed by atoms with Gasteiger partial charge in [-0.15, -0.1) is 0 Å². The fourth-order valence-corrected chi connectivity index (χ4v) is 9.37. The number of halogens is 2. The van der Waals surface area contributed by atoms with Crippen LogP contribution in [0.4, 0.5) is 8.78 Å². The molecule has 0 saturated heterocycles. The summed E-state index contributed by atoms with van der Waals surface area (Å²) < 4.78 is 33.6. The second-order valence-corrected chi connectivity index (χ2v) is 13.1. The molecule has 4 heteroatoms. The smallest absolute Gasteiger partial charge is 0.135 e. The molecule has 2 aromatic carbocycles. The van der Waals surface area contributed by atoms with Crippen LogP contribution in [0.25, 0.3) is 22.6 Å². The Balaban J connectivity index is 2.33. The van der Waals surface area contributed by atoms with Crippen molar-refractivity contribution in [1.29, 1.82) is 0 Å². The Kier molecular flexibility index (Phi) is 9.56. The van der Waals surface area contributed by atoms with E-state index in [0.717, 1.165) is 22.6 Å². The van der Waals surface area contributed by atoms with Gasteiger partial charge in [-0.2, -0.15) is 0 Å². The van der Waals surface area contributed by atoms with E-state index in [4.69, 9.17) is 4.42 Å². The van der Waals surface area contributed by atoms with Gasteiger partial charge >= 0.3 is 0 Å². The Labute approximate surface area is 197 Å². The van der Waals surface area contributed by atoms with Crippen LogP contribution in [0, 0.1) is 16.6 Å². The molecule has 0 atom stereocenters. The predicted molar refractivity (Wildman–Crippen MR) is 139 cm³/mol. The highest BCUT2D eigenvalue weighted by Gasteiger charge is 2.19. The summed E-state index contributed by atoms with van der Waals surface area (Å²) in [6.07, 6.45) is 11.0. The van der Waals surface area contributed by atoms with Crippen LogP contribution in [0.1, 0.15) is 59.3 Å². The van der Waals surface area contributed by atoms with E-state index in [0.29, 0.717) is 0 Å². The molecule has 0 radical (unpaired) electrons. The number of unbranched alkanes of at least 4 members (excludes halogenated alkanes) is 3. The lowest BCUT2D eigenvalue weighted by Gasteiger charge is -2.27. The molecule has 0 aliphatic carbocycles. The van der Waals surface area contributed by atoms with E-state index in [1.165, 1.54) is 86.2 Å². The minimum atomic E-state index is -1.42. The van der Waals surface area contributed by atoms with Gasteiger partial charge in [0.25, 0.3) is 0 Å². The molecule has 0 spiro atoms. The molecule has 33 heavy (non-hydrogen) atoms. The van der Waals surface area contributed by atoms with Gasteiger partial charge < -0.3 is 4.42 Å². The van der Waals surface area contributed by atoms with Crippen molar-refractivity contribution in [3.8, 4) is 22.6 Å². The second kappa shape index (κ2) is 12.4. The van der Waals surface area contributed by atoms with Crippen LogP contribution < -0.4 is 0 Å². The maximum absolute atomic E-state index is 13.6. The zero-order chi connectivity index (χ0) is 23.7. The molecule has 0 N–H and O–H groups in total. The molecule has 0 bridgehead atoms. The lowest BCUT2D eigenvalue weighted by molar-refractivity contribution is 0.579. The molecule has 0 amide bonds. The van der Waals surface area contributed by atoms with Crippen molar-refractivity contribution in [1.82, 2.24) is 0 Å². The van der Waals surface area contributed by atoms with E-state index in [1.54, 1.807) is 24.3 Å².